The van der Waals surface area contributed by atoms with E-state index in [0.29, 0.717) is 0 Å². The van der Waals surface area contributed by atoms with Crippen molar-refractivity contribution in [3.8, 4) is 0 Å². The maximum absolute atomic E-state index is 3.99. The quantitative estimate of drug-likeness (QED) is 0.795. The van der Waals surface area contributed by atoms with E-state index in [0.717, 1.165) is 19.0 Å². The second-order valence-corrected chi connectivity index (χ2v) is 4.99. The smallest absolute Gasteiger partial charge is 0.0922 e. The highest BCUT2D eigenvalue weighted by molar-refractivity contribution is 7.99. The van der Waals surface area contributed by atoms with E-state index in [1.54, 1.807) is 6.33 Å². The van der Waals surface area contributed by atoms with Crippen molar-refractivity contribution in [3.63, 3.8) is 0 Å². The molecule has 0 atom stereocenters. The van der Waals surface area contributed by atoms with Gasteiger partial charge in [0.2, 0.25) is 0 Å². The molecule has 0 bridgehead atoms. The molecule has 1 aromatic heterocycles. The molecule has 0 spiro atoms. The minimum atomic E-state index is 0.888. The number of nitrogens with one attached hydrogen (secondary N) is 2. The molecule has 0 saturated carbocycles. The maximum Gasteiger partial charge on any atom is 0.0922 e. The Kier molecular flexibility index (Phi) is 3.89. The van der Waals surface area contributed by atoms with Crippen molar-refractivity contribution < 1.29 is 0 Å². The molecule has 1 aliphatic rings. The van der Waals surface area contributed by atoms with Gasteiger partial charge in [-0.25, -0.2) is 4.98 Å². The molecule has 0 unspecified atom stereocenters. The van der Waals surface area contributed by atoms with Crippen LogP contribution in [-0.4, -0.2) is 28.0 Å². The van der Waals surface area contributed by atoms with Crippen LogP contribution in [0.25, 0.3) is 0 Å². The normalized spacial score (nSPS) is 18.6. The van der Waals surface area contributed by atoms with Crippen molar-refractivity contribution in [1.82, 2.24) is 15.3 Å². The fraction of sp³-hybridized carbons (Fsp3) is 0.700. The first-order chi connectivity index (χ1) is 6.95. The van der Waals surface area contributed by atoms with E-state index in [2.05, 4.69) is 27.0 Å². The highest BCUT2D eigenvalue weighted by Crippen LogP contribution is 2.21. The fourth-order valence-electron chi connectivity index (χ4n) is 1.74. The van der Waals surface area contributed by atoms with Crippen LogP contribution in [0.1, 0.15) is 18.5 Å². The second kappa shape index (κ2) is 5.41. The Morgan fingerprint density at radius 2 is 2.36 bits per heavy atom. The predicted octanol–water partition coefficient (Wildman–Crippen LogP) is 1.64. The molecule has 14 heavy (non-hydrogen) atoms. The number of hydrogen-bond donors (Lipinski definition) is 2. The molecule has 1 fully saturated rings. The molecule has 1 saturated heterocycles. The third-order valence-corrected chi connectivity index (χ3v) is 3.69. The number of hydrogen-bond acceptors (Lipinski definition) is 3. The molecule has 0 radical (unpaired) electrons. The molecule has 3 nitrogen and oxygen atoms in total. The molecule has 2 N–H and O–H groups in total. The summed E-state index contributed by atoms with van der Waals surface area (Å²) in [5.41, 5.74) is 1.18. The zero-order valence-corrected chi connectivity index (χ0v) is 9.15. The number of nitrogens with zero attached hydrogens (tertiary/aromatic N) is 1. The lowest BCUT2D eigenvalue weighted by molar-refractivity contribution is 0.446. The third-order valence-electron chi connectivity index (χ3n) is 2.64. The maximum atomic E-state index is 3.99. The van der Waals surface area contributed by atoms with Crippen molar-refractivity contribution >= 4 is 11.8 Å². The summed E-state index contributed by atoms with van der Waals surface area (Å²) in [7, 11) is 0. The Morgan fingerprint density at radius 1 is 1.50 bits per heavy atom. The van der Waals surface area contributed by atoms with Gasteiger partial charge in [0.15, 0.2) is 0 Å². The highest BCUT2D eigenvalue weighted by Gasteiger charge is 2.12. The molecule has 0 amide bonds. The molecule has 4 heteroatoms. The van der Waals surface area contributed by atoms with Gasteiger partial charge in [0.25, 0.3) is 0 Å². The number of aromatic nitrogens is 2. The van der Waals surface area contributed by atoms with Crippen LogP contribution in [0.3, 0.4) is 0 Å². The minimum Gasteiger partial charge on any atom is -0.347 e. The van der Waals surface area contributed by atoms with Gasteiger partial charge in [0.1, 0.15) is 0 Å². The molecular formula is C10H17N3S. The molecule has 2 rings (SSSR count). The van der Waals surface area contributed by atoms with Gasteiger partial charge in [-0.3, -0.25) is 0 Å². The van der Waals surface area contributed by atoms with Crippen LogP contribution in [0, 0.1) is 5.92 Å². The van der Waals surface area contributed by atoms with Crippen LogP contribution >= 0.6 is 11.8 Å². The van der Waals surface area contributed by atoms with Gasteiger partial charge >= 0.3 is 0 Å². The van der Waals surface area contributed by atoms with Gasteiger partial charge in [-0.1, -0.05) is 0 Å². The van der Waals surface area contributed by atoms with E-state index in [4.69, 9.17) is 0 Å². The Morgan fingerprint density at radius 3 is 3.07 bits per heavy atom. The van der Waals surface area contributed by atoms with E-state index < -0.39 is 0 Å². The molecular weight excluding hydrogens is 194 g/mol. The molecule has 1 aliphatic heterocycles. The van der Waals surface area contributed by atoms with Crippen LogP contribution in [0.5, 0.6) is 0 Å². The van der Waals surface area contributed by atoms with Crippen LogP contribution < -0.4 is 5.32 Å². The fourth-order valence-corrected chi connectivity index (χ4v) is 2.95. The monoisotopic (exact) mass is 211 g/mol. The van der Waals surface area contributed by atoms with Crippen molar-refractivity contribution in [1.29, 1.82) is 0 Å². The number of imidazole rings is 1. The summed E-state index contributed by atoms with van der Waals surface area (Å²) in [4.78, 5) is 7.09. The van der Waals surface area contributed by atoms with E-state index in [1.165, 1.54) is 30.0 Å². The summed E-state index contributed by atoms with van der Waals surface area (Å²) >= 11 is 2.09. The Labute approximate surface area is 89.1 Å². The Bertz CT molecular complexity index is 242. The molecule has 0 aromatic carbocycles. The van der Waals surface area contributed by atoms with Gasteiger partial charge in [-0.2, -0.15) is 11.8 Å². The lowest BCUT2D eigenvalue weighted by Gasteiger charge is -2.21. The second-order valence-electron chi connectivity index (χ2n) is 3.76. The lowest BCUT2D eigenvalue weighted by atomic mass is 10.0. The molecule has 78 valence electrons. The zero-order valence-electron chi connectivity index (χ0n) is 8.33. The predicted molar refractivity (Wildman–Crippen MR) is 60.3 cm³/mol. The first kappa shape index (κ1) is 10.1. The summed E-state index contributed by atoms with van der Waals surface area (Å²) in [6.07, 6.45) is 6.36. The van der Waals surface area contributed by atoms with Gasteiger partial charge in [0.05, 0.1) is 6.33 Å². The standard InChI is InChI=1S/C10H17N3S/c1-3-14-4-2-9(1)5-11-6-10-7-12-8-13-10/h7-9,11H,1-6H2,(H,12,13). The van der Waals surface area contributed by atoms with E-state index >= 15 is 0 Å². The summed E-state index contributed by atoms with van der Waals surface area (Å²) in [6.45, 7) is 2.07. The largest absolute Gasteiger partial charge is 0.347 e. The van der Waals surface area contributed by atoms with Gasteiger partial charge < -0.3 is 10.3 Å². The molecule has 0 aliphatic carbocycles. The van der Waals surface area contributed by atoms with Crippen LogP contribution in [0.4, 0.5) is 0 Å². The van der Waals surface area contributed by atoms with E-state index in [9.17, 15) is 0 Å². The van der Waals surface area contributed by atoms with Gasteiger partial charge in [0, 0.05) is 18.4 Å². The van der Waals surface area contributed by atoms with Gasteiger partial charge in [-0.15, -0.1) is 0 Å². The first-order valence-electron chi connectivity index (χ1n) is 5.21. The summed E-state index contributed by atoms with van der Waals surface area (Å²) < 4.78 is 0. The van der Waals surface area contributed by atoms with Crippen molar-refractivity contribution in [3.05, 3.63) is 18.2 Å². The number of rotatable bonds is 4. The Hall–Kier alpha value is -0.480. The molecule has 2 heterocycles. The van der Waals surface area contributed by atoms with Gasteiger partial charge in [-0.05, 0) is 36.8 Å². The van der Waals surface area contributed by atoms with Crippen molar-refractivity contribution in [2.24, 2.45) is 5.92 Å². The summed E-state index contributed by atoms with van der Waals surface area (Å²) in [6, 6.07) is 0. The summed E-state index contributed by atoms with van der Waals surface area (Å²) in [5, 5.41) is 3.48. The number of thioether (sulfide) groups is 1. The minimum absolute atomic E-state index is 0.888. The van der Waals surface area contributed by atoms with Crippen LogP contribution in [0.15, 0.2) is 12.5 Å². The number of aromatic amines is 1. The average Bonchev–Trinajstić information content (AvgIpc) is 2.72. The lowest BCUT2D eigenvalue weighted by Crippen LogP contribution is -2.25. The number of H-pyrrole nitrogens is 1. The first-order valence-corrected chi connectivity index (χ1v) is 6.36. The Balaban J connectivity index is 1.62. The molecule has 1 aromatic rings. The third kappa shape index (κ3) is 3.03. The highest BCUT2D eigenvalue weighted by atomic mass is 32.2. The van der Waals surface area contributed by atoms with Crippen molar-refractivity contribution in [2.45, 2.75) is 19.4 Å². The zero-order chi connectivity index (χ0) is 9.64. The topological polar surface area (TPSA) is 40.7 Å². The van der Waals surface area contributed by atoms with Crippen LogP contribution in [0.2, 0.25) is 0 Å². The SMILES string of the molecule is c1ncc(CNCC2CCSCC2)[nH]1. The summed E-state index contributed by atoms with van der Waals surface area (Å²) in [5.74, 6) is 3.58. The van der Waals surface area contributed by atoms with Crippen molar-refractivity contribution in [2.75, 3.05) is 18.1 Å². The van der Waals surface area contributed by atoms with Crippen LogP contribution in [-0.2, 0) is 6.54 Å². The van der Waals surface area contributed by atoms with E-state index in [1.807, 2.05) is 6.20 Å². The average molecular weight is 211 g/mol. The van der Waals surface area contributed by atoms with E-state index in [-0.39, 0.29) is 0 Å².